The van der Waals surface area contributed by atoms with E-state index in [4.69, 9.17) is 14.5 Å². The number of carbonyl (C=O) groups excluding carboxylic acids is 1. The van der Waals surface area contributed by atoms with Crippen molar-refractivity contribution in [3.8, 4) is 5.75 Å². The van der Waals surface area contributed by atoms with Crippen molar-refractivity contribution >= 4 is 27.5 Å². The van der Waals surface area contributed by atoms with Gasteiger partial charge in [-0.25, -0.2) is 4.79 Å². The molecule has 4 nitrogen and oxygen atoms in total. The SMILES string of the molecule is CCc1c2c(c(CC)c(C(=O)OC)c1OOC)Cc1c(c(CC)c3cc4c(CC)c(CC)c(CC)c(CC)c4cc3c1CC)C2. The number of fused-ring (bicyclic) bond motifs is 4. The molecule has 1 aliphatic rings. The third-order valence-electron chi connectivity index (χ3n) is 10.6. The molecule has 4 aromatic carbocycles. The highest BCUT2D eigenvalue weighted by Crippen LogP contribution is 2.46. The van der Waals surface area contributed by atoms with Crippen LogP contribution in [0.2, 0.25) is 0 Å². The van der Waals surface area contributed by atoms with Crippen molar-refractivity contribution in [2.45, 2.75) is 120 Å². The minimum atomic E-state index is -0.367. The Balaban J connectivity index is 1.93. The minimum absolute atomic E-state index is 0.367. The fourth-order valence-corrected chi connectivity index (χ4v) is 8.85. The lowest BCUT2D eigenvalue weighted by molar-refractivity contribution is -0.179. The summed E-state index contributed by atoms with van der Waals surface area (Å²) in [6, 6.07) is 5.12. The molecule has 4 aromatic rings. The Morgan fingerprint density at radius 1 is 0.511 bits per heavy atom. The molecule has 0 aromatic heterocycles. The predicted octanol–water partition coefficient (Wildman–Crippen LogP) is 9.71. The molecular weight excluding hydrogens is 556 g/mol. The normalized spacial score (nSPS) is 12.5. The van der Waals surface area contributed by atoms with Gasteiger partial charge in [-0.2, -0.15) is 4.89 Å². The first-order chi connectivity index (χ1) is 21.8. The molecule has 0 aliphatic heterocycles. The van der Waals surface area contributed by atoms with Crippen LogP contribution in [0.4, 0.5) is 0 Å². The first-order valence-corrected chi connectivity index (χ1v) is 17.4. The zero-order valence-electron chi connectivity index (χ0n) is 29.4. The zero-order valence-corrected chi connectivity index (χ0v) is 29.4. The highest BCUT2D eigenvalue weighted by Gasteiger charge is 2.33. The van der Waals surface area contributed by atoms with Crippen LogP contribution in [0.5, 0.6) is 5.75 Å². The van der Waals surface area contributed by atoms with Crippen LogP contribution >= 0.6 is 0 Å². The number of carbonyl (C=O) groups is 1. The van der Waals surface area contributed by atoms with Crippen molar-refractivity contribution in [3.05, 3.63) is 84.5 Å². The van der Waals surface area contributed by atoms with E-state index in [-0.39, 0.29) is 5.97 Å². The Kier molecular flexibility index (Phi) is 9.94. The second-order valence-corrected chi connectivity index (χ2v) is 12.3. The first kappa shape index (κ1) is 33.0. The molecule has 45 heavy (non-hydrogen) atoms. The molecule has 0 saturated carbocycles. The summed E-state index contributed by atoms with van der Waals surface area (Å²) in [6.45, 7) is 18.2. The monoisotopic (exact) mass is 608 g/mol. The number of rotatable bonds is 11. The van der Waals surface area contributed by atoms with E-state index in [0.29, 0.717) is 17.7 Å². The van der Waals surface area contributed by atoms with Crippen molar-refractivity contribution in [1.82, 2.24) is 0 Å². The standard InChI is InChI=1S/C41H52O4/c1-11-23-24(12-2)26(14-4)32-20-34-28(16-6)36-22-38-30(18-8)40(45-44-10)39(41(42)43-9)29(17-7)37(38)21-35(36)27(15-5)33(34)19-31(32)25(23)13-3/h19-20H,11-18,21-22H2,1-10H3. The Bertz CT molecular complexity index is 1790. The van der Waals surface area contributed by atoms with Gasteiger partial charge in [-0.3, -0.25) is 0 Å². The second-order valence-electron chi connectivity index (χ2n) is 12.3. The van der Waals surface area contributed by atoms with Gasteiger partial charge in [0.1, 0.15) is 5.56 Å². The highest BCUT2D eigenvalue weighted by molar-refractivity contribution is 6.06. The van der Waals surface area contributed by atoms with Crippen LogP contribution in [-0.4, -0.2) is 20.2 Å². The van der Waals surface area contributed by atoms with Crippen LogP contribution in [0.15, 0.2) is 12.1 Å². The van der Waals surface area contributed by atoms with Crippen LogP contribution < -0.4 is 4.89 Å². The van der Waals surface area contributed by atoms with Crippen LogP contribution in [0, 0.1) is 0 Å². The minimum Gasteiger partial charge on any atom is -0.465 e. The van der Waals surface area contributed by atoms with Gasteiger partial charge in [0.2, 0.25) is 0 Å². The van der Waals surface area contributed by atoms with Crippen LogP contribution in [0.1, 0.15) is 133 Å². The molecule has 0 amide bonds. The zero-order chi connectivity index (χ0) is 32.6. The summed E-state index contributed by atoms with van der Waals surface area (Å²) in [5, 5.41) is 5.72. The lowest BCUT2D eigenvalue weighted by atomic mass is 9.73. The van der Waals surface area contributed by atoms with Crippen molar-refractivity contribution in [1.29, 1.82) is 0 Å². The summed E-state index contributed by atoms with van der Waals surface area (Å²) >= 11 is 0. The van der Waals surface area contributed by atoms with E-state index in [1.807, 2.05) is 0 Å². The van der Waals surface area contributed by atoms with Gasteiger partial charge in [-0.1, -0.05) is 55.4 Å². The number of esters is 1. The molecule has 0 heterocycles. The van der Waals surface area contributed by atoms with Crippen LogP contribution in [0.25, 0.3) is 21.5 Å². The molecule has 0 spiro atoms. The van der Waals surface area contributed by atoms with Crippen LogP contribution in [0.3, 0.4) is 0 Å². The van der Waals surface area contributed by atoms with Crippen molar-refractivity contribution in [2.24, 2.45) is 0 Å². The molecular formula is C41H52O4. The average Bonchev–Trinajstić information content (AvgIpc) is 3.06. The maximum absolute atomic E-state index is 13.3. The van der Waals surface area contributed by atoms with Gasteiger partial charge >= 0.3 is 5.97 Å². The van der Waals surface area contributed by atoms with Crippen molar-refractivity contribution < 1.29 is 19.3 Å². The molecule has 4 heteroatoms. The highest BCUT2D eigenvalue weighted by atomic mass is 17.2. The van der Waals surface area contributed by atoms with E-state index in [0.717, 1.165) is 68.9 Å². The molecule has 240 valence electrons. The number of methoxy groups -OCH3 is 1. The Morgan fingerprint density at radius 3 is 1.22 bits per heavy atom. The maximum atomic E-state index is 13.3. The largest absolute Gasteiger partial charge is 0.465 e. The average molecular weight is 609 g/mol. The molecule has 0 atom stereocenters. The van der Waals surface area contributed by atoms with Gasteiger partial charge in [0.25, 0.3) is 0 Å². The van der Waals surface area contributed by atoms with Gasteiger partial charge in [-0.05, 0) is 159 Å². The quantitative estimate of drug-likeness (QED) is 0.0648. The smallest absolute Gasteiger partial charge is 0.342 e. The molecule has 1 aliphatic carbocycles. The van der Waals surface area contributed by atoms with Crippen LogP contribution in [-0.2, 0) is 73.8 Å². The second kappa shape index (κ2) is 13.5. The fourth-order valence-electron chi connectivity index (χ4n) is 8.85. The summed E-state index contributed by atoms with van der Waals surface area (Å²) in [5.74, 6) is 0.152. The third-order valence-corrected chi connectivity index (χ3v) is 10.6. The number of ether oxygens (including phenoxy) is 1. The molecule has 0 N–H and O–H groups in total. The van der Waals surface area contributed by atoms with Gasteiger partial charge in [0.15, 0.2) is 5.75 Å². The Hall–Kier alpha value is -3.37. The Morgan fingerprint density at radius 2 is 0.867 bits per heavy atom. The number of aryl methyl sites for hydroxylation is 4. The molecule has 0 bridgehead atoms. The number of hydrogen-bond acceptors (Lipinski definition) is 4. The third kappa shape index (κ3) is 5.04. The summed E-state index contributed by atoms with van der Waals surface area (Å²) in [4.78, 5) is 24.3. The summed E-state index contributed by atoms with van der Waals surface area (Å²) in [5.41, 5.74) is 17.2. The molecule has 5 rings (SSSR count). The van der Waals surface area contributed by atoms with E-state index < -0.39 is 0 Å². The maximum Gasteiger partial charge on any atom is 0.342 e. The topological polar surface area (TPSA) is 44.8 Å². The molecule has 0 unspecified atom stereocenters. The van der Waals surface area contributed by atoms with E-state index in [2.05, 4.69) is 67.5 Å². The lowest BCUT2D eigenvalue weighted by Crippen LogP contribution is -2.21. The summed E-state index contributed by atoms with van der Waals surface area (Å²) < 4.78 is 5.31. The Labute approximate surface area is 270 Å². The van der Waals surface area contributed by atoms with E-state index in [9.17, 15) is 4.79 Å². The van der Waals surface area contributed by atoms with E-state index >= 15 is 0 Å². The van der Waals surface area contributed by atoms with E-state index in [1.165, 1.54) is 80.3 Å². The number of benzene rings is 4. The van der Waals surface area contributed by atoms with Gasteiger partial charge in [0.05, 0.1) is 14.2 Å². The lowest BCUT2D eigenvalue weighted by Gasteiger charge is -2.32. The van der Waals surface area contributed by atoms with Crippen molar-refractivity contribution in [3.63, 3.8) is 0 Å². The summed E-state index contributed by atoms with van der Waals surface area (Å²) in [7, 11) is 2.95. The van der Waals surface area contributed by atoms with Gasteiger partial charge < -0.3 is 9.62 Å². The summed E-state index contributed by atoms with van der Waals surface area (Å²) in [6.07, 6.45) is 9.30. The molecule has 0 saturated heterocycles. The van der Waals surface area contributed by atoms with Crippen molar-refractivity contribution in [2.75, 3.05) is 14.2 Å². The van der Waals surface area contributed by atoms with Gasteiger partial charge in [-0.15, -0.1) is 0 Å². The molecule has 0 radical (unpaired) electrons. The number of hydrogen-bond donors (Lipinski definition) is 0. The van der Waals surface area contributed by atoms with Gasteiger partial charge in [0, 0.05) is 5.56 Å². The van der Waals surface area contributed by atoms with E-state index in [1.54, 1.807) is 11.1 Å². The first-order valence-electron chi connectivity index (χ1n) is 17.4. The fraction of sp³-hybridized carbons (Fsp3) is 0.488. The molecule has 0 fully saturated rings. The predicted molar refractivity (Wildman–Crippen MR) is 188 cm³/mol.